The van der Waals surface area contributed by atoms with Crippen molar-refractivity contribution in [3.63, 3.8) is 0 Å². The zero-order valence-corrected chi connectivity index (χ0v) is 18.7. The van der Waals surface area contributed by atoms with E-state index in [2.05, 4.69) is 37.9 Å². The largest absolute Gasteiger partial charge is 0.300 e. The molecule has 0 spiro atoms. The number of nitriles is 1. The van der Waals surface area contributed by atoms with E-state index in [1.165, 1.54) is 35.1 Å². The van der Waals surface area contributed by atoms with E-state index < -0.39 is 0 Å². The van der Waals surface area contributed by atoms with Gasteiger partial charge in [0.25, 0.3) is 0 Å². The molecule has 0 bridgehead atoms. The molecule has 0 saturated carbocycles. The zero-order chi connectivity index (χ0) is 22.2. The Kier molecular flexibility index (Phi) is 7.54. The van der Waals surface area contributed by atoms with Crippen molar-refractivity contribution in [3.8, 4) is 6.07 Å². The summed E-state index contributed by atoms with van der Waals surface area (Å²) < 4.78 is 2.11. The minimum absolute atomic E-state index is 0.0142. The number of carbonyl (C=O) groups is 1. The molecule has 0 aliphatic carbocycles. The van der Waals surface area contributed by atoms with Gasteiger partial charge in [-0.2, -0.15) is 5.26 Å². The molecular formula is C24H26N6OS. The number of aromatic nitrogens is 3. The molecule has 2 aromatic carbocycles. The van der Waals surface area contributed by atoms with E-state index >= 15 is 0 Å². The monoisotopic (exact) mass is 446 g/mol. The van der Waals surface area contributed by atoms with Crippen molar-refractivity contribution in [1.82, 2.24) is 19.7 Å². The Morgan fingerprint density at radius 1 is 1.00 bits per heavy atom. The first-order valence-corrected chi connectivity index (χ1v) is 11.8. The molecule has 1 fully saturated rings. The molecule has 0 unspecified atom stereocenters. The number of amides is 1. The van der Waals surface area contributed by atoms with E-state index in [1.807, 2.05) is 48.5 Å². The quantitative estimate of drug-likeness (QED) is 0.369. The fourth-order valence-electron chi connectivity index (χ4n) is 3.81. The van der Waals surface area contributed by atoms with E-state index in [-0.39, 0.29) is 18.2 Å². The minimum Gasteiger partial charge on any atom is -0.300 e. The average molecular weight is 447 g/mol. The molecule has 4 rings (SSSR count). The summed E-state index contributed by atoms with van der Waals surface area (Å²) >= 11 is 1.37. The number of thioether (sulfide) groups is 1. The van der Waals surface area contributed by atoms with Crippen LogP contribution in [0.1, 0.15) is 24.2 Å². The number of benzene rings is 2. The highest BCUT2D eigenvalue weighted by molar-refractivity contribution is 7.99. The number of hydrogen-bond acceptors (Lipinski definition) is 6. The Labute approximate surface area is 192 Å². The van der Waals surface area contributed by atoms with Gasteiger partial charge in [-0.1, -0.05) is 60.3 Å². The Hall–Kier alpha value is -3.15. The van der Waals surface area contributed by atoms with Crippen molar-refractivity contribution in [1.29, 1.82) is 5.26 Å². The third kappa shape index (κ3) is 5.55. The van der Waals surface area contributed by atoms with Crippen molar-refractivity contribution in [2.45, 2.75) is 31.1 Å². The third-order valence-corrected chi connectivity index (χ3v) is 6.41. The summed E-state index contributed by atoms with van der Waals surface area (Å²) in [7, 11) is 0. The highest BCUT2D eigenvalue weighted by Gasteiger charge is 2.21. The molecule has 1 aliphatic rings. The maximum atomic E-state index is 13.0. The molecule has 1 amide bonds. The Bertz CT molecular complexity index is 1060. The van der Waals surface area contributed by atoms with Crippen LogP contribution in [0.15, 0.2) is 65.8 Å². The van der Waals surface area contributed by atoms with Gasteiger partial charge in [-0.15, -0.1) is 10.2 Å². The van der Waals surface area contributed by atoms with E-state index in [9.17, 15) is 10.1 Å². The molecule has 1 saturated heterocycles. The number of para-hydroxylation sites is 1. The summed E-state index contributed by atoms with van der Waals surface area (Å²) in [6.07, 6.45) is 2.44. The number of likely N-dealkylation sites (tertiary alicyclic amines) is 1. The molecule has 2 heterocycles. The van der Waals surface area contributed by atoms with Gasteiger partial charge in [0.1, 0.15) is 12.4 Å². The molecular weight excluding hydrogens is 420 g/mol. The highest BCUT2D eigenvalue weighted by atomic mass is 32.2. The first kappa shape index (κ1) is 22.1. The molecule has 1 aromatic heterocycles. The van der Waals surface area contributed by atoms with Crippen LogP contribution in [0.5, 0.6) is 0 Å². The van der Waals surface area contributed by atoms with Gasteiger partial charge in [0.05, 0.1) is 24.9 Å². The van der Waals surface area contributed by atoms with Crippen molar-refractivity contribution in [3.05, 3.63) is 72.1 Å². The summed E-state index contributed by atoms with van der Waals surface area (Å²) in [6, 6.07) is 21.6. The molecule has 0 radical (unpaired) electrons. The zero-order valence-electron chi connectivity index (χ0n) is 17.9. The number of nitrogens with zero attached hydrogens (tertiary/aromatic N) is 6. The van der Waals surface area contributed by atoms with Crippen LogP contribution in [0.25, 0.3) is 0 Å². The van der Waals surface area contributed by atoms with Crippen molar-refractivity contribution < 1.29 is 4.79 Å². The molecule has 7 nitrogen and oxygen atoms in total. The lowest BCUT2D eigenvalue weighted by Gasteiger charge is -2.19. The first-order valence-electron chi connectivity index (χ1n) is 10.8. The van der Waals surface area contributed by atoms with Crippen molar-refractivity contribution >= 4 is 23.4 Å². The molecule has 3 aromatic rings. The topological polar surface area (TPSA) is 78.0 Å². The van der Waals surface area contributed by atoms with E-state index in [1.54, 1.807) is 0 Å². The van der Waals surface area contributed by atoms with Crippen LogP contribution in [0.3, 0.4) is 0 Å². The van der Waals surface area contributed by atoms with Gasteiger partial charge in [0.15, 0.2) is 5.16 Å². The Morgan fingerprint density at radius 2 is 1.69 bits per heavy atom. The maximum Gasteiger partial charge on any atom is 0.238 e. The molecule has 1 aliphatic heterocycles. The lowest BCUT2D eigenvalue weighted by atomic mass is 10.2. The van der Waals surface area contributed by atoms with Gasteiger partial charge >= 0.3 is 0 Å². The molecule has 164 valence electrons. The summed E-state index contributed by atoms with van der Waals surface area (Å²) in [5.41, 5.74) is 1.89. The van der Waals surface area contributed by atoms with E-state index in [0.717, 1.165) is 36.3 Å². The Balaban J connectivity index is 1.51. The van der Waals surface area contributed by atoms with Gasteiger partial charge in [-0.05, 0) is 43.6 Å². The summed E-state index contributed by atoms with van der Waals surface area (Å²) in [5, 5.41) is 18.8. The number of anilines is 1. The first-order chi connectivity index (χ1) is 15.7. The standard InChI is InChI=1S/C24H26N6OS/c25-13-16-29(21-11-5-2-6-12-21)23(31)19-32-24-27-26-22(18-28-14-7-8-15-28)30(24)17-20-9-3-1-4-10-20/h1-6,9-12H,7-8,14-19H2. The minimum atomic E-state index is -0.127. The fourth-order valence-corrected chi connectivity index (χ4v) is 4.65. The van der Waals surface area contributed by atoms with Gasteiger partial charge in [0.2, 0.25) is 5.91 Å². The number of rotatable bonds is 9. The molecule has 32 heavy (non-hydrogen) atoms. The lowest BCUT2D eigenvalue weighted by Crippen LogP contribution is -2.32. The summed E-state index contributed by atoms with van der Waals surface area (Å²) in [4.78, 5) is 16.9. The molecule has 0 N–H and O–H groups in total. The number of carbonyl (C=O) groups excluding carboxylic acids is 1. The normalized spacial score (nSPS) is 13.7. The van der Waals surface area contributed by atoms with Crippen LogP contribution in [0.4, 0.5) is 5.69 Å². The third-order valence-electron chi connectivity index (χ3n) is 5.46. The highest BCUT2D eigenvalue weighted by Crippen LogP contribution is 2.23. The average Bonchev–Trinajstić information content (AvgIpc) is 3.48. The predicted octanol–water partition coefficient (Wildman–Crippen LogP) is 3.57. The fraction of sp³-hybridized carbons (Fsp3) is 0.333. The maximum absolute atomic E-state index is 13.0. The van der Waals surface area contributed by atoms with Crippen molar-refractivity contribution in [2.24, 2.45) is 0 Å². The van der Waals surface area contributed by atoms with E-state index in [4.69, 9.17) is 0 Å². The SMILES string of the molecule is N#CCN(C(=O)CSc1nnc(CN2CCCC2)n1Cc1ccccc1)c1ccccc1. The smallest absolute Gasteiger partial charge is 0.238 e. The van der Waals surface area contributed by atoms with Crippen LogP contribution in [0.2, 0.25) is 0 Å². The van der Waals surface area contributed by atoms with Crippen LogP contribution < -0.4 is 4.90 Å². The summed E-state index contributed by atoms with van der Waals surface area (Å²) in [6.45, 7) is 3.60. The lowest BCUT2D eigenvalue weighted by molar-refractivity contribution is -0.116. The summed E-state index contributed by atoms with van der Waals surface area (Å²) in [5.74, 6) is 0.980. The van der Waals surface area contributed by atoms with Crippen LogP contribution in [-0.4, -0.2) is 51.0 Å². The van der Waals surface area contributed by atoms with E-state index in [0.29, 0.717) is 6.54 Å². The van der Waals surface area contributed by atoms with Crippen LogP contribution >= 0.6 is 11.8 Å². The second-order valence-electron chi connectivity index (χ2n) is 7.72. The van der Waals surface area contributed by atoms with Gasteiger partial charge in [-0.3, -0.25) is 14.6 Å². The van der Waals surface area contributed by atoms with Gasteiger partial charge in [-0.25, -0.2) is 0 Å². The Morgan fingerprint density at radius 3 is 2.38 bits per heavy atom. The number of hydrogen-bond donors (Lipinski definition) is 0. The van der Waals surface area contributed by atoms with Gasteiger partial charge in [0, 0.05) is 5.69 Å². The molecule has 0 atom stereocenters. The van der Waals surface area contributed by atoms with Crippen LogP contribution in [-0.2, 0) is 17.9 Å². The van der Waals surface area contributed by atoms with Gasteiger partial charge < -0.3 is 4.57 Å². The van der Waals surface area contributed by atoms with Crippen LogP contribution in [0, 0.1) is 11.3 Å². The second kappa shape index (κ2) is 10.9. The second-order valence-corrected chi connectivity index (χ2v) is 8.66. The molecule has 8 heteroatoms. The predicted molar refractivity (Wildman–Crippen MR) is 125 cm³/mol. The van der Waals surface area contributed by atoms with Crippen molar-refractivity contribution in [2.75, 3.05) is 30.3 Å².